The van der Waals surface area contributed by atoms with Gasteiger partial charge in [0.2, 0.25) is 0 Å². The average Bonchev–Trinajstić information content (AvgIpc) is 2.28. The maximum atomic E-state index is 10.5. The molecular formula is C13H15NO2. The zero-order valence-corrected chi connectivity index (χ0v) is 9.31. The van der Waals surface area contributed by atoms with Crippen molar-refractivity contribution in [3.8, 4) is 11.8 Å². The SMILES string of the molecule is CCN(CC#Cc1ccccc1)CC(=O)O. The summed E-state index contributed by atoms with van der Waals surface area (Å²) in [5, 5.41) is 8.64. The summed E-state index contributed by atoms with van der Waals surface area (Å²) >= 11 is 0. The molecule has 0 aliphatic rings. The molecule has 16 heavy (non-hydrogen) atoms. The van der Waals surface area contributed by atoms with Gasteiger partial charge in [0.05, 0.1) is 13.1 Å². The number of carbonyl (C=O) groups is 1. The second-order valence-corrected chi connectivity index (χ2v) is 3.36. The summed E-state index contributed by atoms with van der Waals surface area (Å²) in [6.45, 7) is 3.14. The lowest BCUT2D eigenvalue weighted by Crippen LogP contribution is -2.29. The molecule has 0 spiro atoms. The molecule has 0 fully saturated rings. The fourth-order valence-electron chi connectivity index (χ4n) is 1.25. The van der Waals surface area contributed by atoms with Crippen LogP contribution in [0.2, 0.25) is 0 Å². The van der Waals surface area contributed by atoms with Crippen molar-refractivity contribution in [2.45, 2.75) is 6.92 Å². The van der Waals surface area contributed by atoms with Crippen LogP contribution in [0.25, 0.3) is 0 Å². The highest BCUT2D eigenvalue weighted by molar-refractivity contribution is 5.69. The van der Waals surface area contributed by atoms with E-state index in [2.05, 4.69) is 11.8 Å². The first-order valence-electron chi connectivity index (χ1n) is 5.20. The lowest BCUT2D eigenvalue weighted by atomic mass is 10.2. The van der Waals surface area contributed by atoms with Crippen LogP contribution in [0.5, 0.6) is 0 Å². The summed E-state index contributed by atoms with van der Waals surface area (Å²) in [5.41, 5.74) is 0.953. The van der Waals surface area contributed by atoms with Crippen LogP contribution >= 0.6 is 0 Å². The van der Waals surface area contributed by atoms with Crippen LogP contribution in [-0.2, 0) is 4.79 Å². The van der Waals surface area contributed by atoms with Crippen LogP contribution in [0.4, 0.5) is 0 Å². The largest absolute Gasteiger partial charge is 0.480 e. The van der Waals surface area contributed by atoms with Crippen molar-refractivity contribution >= 4 is 5.97 Å². The summed E-state index contributed by atoms with van der Waals surface area (Å²) in [7, 11) is 0. The third kappa shape index (κ3) is 4.63. The number of hydrogen-bond acceptors (Lipinski definition) is 2. The Bertz CT molecular complexity index is 389. The molecule has 3 nitrogen and oxygen atoms in total. The summed E-state index contributed by atoms with van der Waals surface area (Å²) in [5.74, 6) is 5.15. The summed E-state index contributed by atoms with van der Waals surface area (Å²) < 4.78 is 0. The number of carboxylic acids is 1. The molecule has 0 saturated carbocycles. The Morgan fingerprint density at radius 1 is 1.38 bits per heavy atom. The van der Waals surface area contributed by atoms with E-state index in [9.17, 15) is 4.79 Å². The van der Waals surface area contributed by atoms with Gasteiger partial charge in [0.1, 0.15) is 0 Å². The van der Waals surface area contributed by atoms with E-state index >= 15 is 0 Å². The van der Waals surface area contributed by atoms with Crippen LogP contribution in [0.1, 0.15) is 12.5 Å². The van der Waals surface area contributed by atoms with Crippen molar-refractivity contribution < 1.29 is 9.90 Å². The molecule has 1 aromatic rings. The first-order chi connectivity index (χ1) is 7.72. The molecule has 0 saturated heterocycles. The molecule has 0 unspecified atom stereocenters. The minimum Gasteiger partial charge on any atom is -0.480 e. The molecule has 1 aromatic carbocycles. The van der Waals surface area contributed by atoms with Gasteiger partial charge < -0.3 is 5.11 Å². The highest BCUT2D eigenvalue weighted by Gasteiger charge is 2.04. The van der Waals surface area contributed by atoms with Crippen LogP contribution in [0.3, 0.4) is 0 Å². The molecule has 1 rings (SSSR count). The van der Waals surface area contributed by atoms with E-state index in [1.54, 1.807) is 4.90 Å². The monoisotopic (exact) mass is 217 g/mol. The first-order valence-corrected chi connectivity index (χ1v) is 5.20. The molecule has 84 valence electrons. The van der Waals surface area contributed by atoms with Gasteiger partial charge in [-0.2, -0.15) is 0 Å². The highest BCUT2D eigenvalue weighted by Crippen LogP contribution is 1.95. The standard InChI is InChI=1S/C13H15NO2/c1-2-14(11-13(15)16)10-6-9-12-7-4-3-5-8-12/h3-5,7-8H,2,10-11H2,1H3,(H,15,16). The van der Waals surface area contributed by atoms with E-state index in [-0.39, 0.29) is 6.54 Å². The molecule has 0 aliphatic heterocycles. The predicted octanol–water partition coefficient (Wildman–Crippen LogP) is 1.44. The third-order valence-corrected chi connectivity index (χ3v) is 2.12. The molecule has 1 N–H and O–H groups in total. The summed E-state index contributed by atoms with van der Waals surface area (Å²) in [4.78, 5) is 12.3. The van der Waals surface area contributed by atoms with Gasteiger partial charge in [-0.15, -0.1) is 0 Å². The van der Waals surface area contributed by atoms with Crippen LogP contribution < -0.4 is 0 Å². The van der Waals surface area contributed by atoms with Gasteiger partial charge in [-0.25, -0.2) is 0 Å². The number of aliphatic carboxylic acids is 1. The van der Waals surface area contributed by atoms with Crippen molar-refractivity contribution in [3.63, 3.8) is 0 Å². The molecule has 0 bridgehead atoms. The number of rotatable bonds is 4. The average molecular weight is 217 g/mol. The normalized spacial score (nSPS) is 9.62. The van der Waals surface area contributed by atoms with Gasteiger partial charge in [-0.05, 0) is 18.7 Å². The Hall–Kier alpha value is -1.79. The zero-order chi connectivity index (χ0) is 11.8. The van der Waals surface area contributed by atoms with E-state index in [1.807, 2.05) is 37.3 Å². The number of hydrogen-bond donors (Lipinski definition) is 1. The quantitative estimate of drug-likeness (QED) is 0.776. The molecule has 0 heterocycles. The maximum absolute atomic E-state index is 10.5. The predicted molar refractivity (Wildman–Crippen MR) is 63.1 cm³/mol. The van der Waals surface area contributed by atoms with Crippen LogP contribution in [0, 0.1) is 11.8 Å². The van der Waals surface area contributed by atoms with E-state index in [0.717, 1.165) is 5.56 Å². The number of benzene rings is 1. The number of nitrogens with zero attached hydrogens (tertiary/aromatic N) is 1. The Kier molecular flexibility index (Phi) is 5.10. The Labute approximate surface area is 95.7 Å². The molecule has 3 heteroatoms. The lowest BCUT2D eigenvalue weighted by molar-refractivity contribution is -0.138. The van der Waals surface area contributed by atoms with Crippen molar-refractivity contribution in [3.05, 3.63) is 35.9 Å². The van der Waals surface area contributed by atoms with Gasteiger partial charge in [-0.1, -0.05) is 37.0 Å². The molecule has 0 amide bonds. The Morgan fingerprint density at radius 3 is 2.62 bits per heavy atom. The van der Waals surface area contributed by atoms with Crippen molar-refractivity contribution in [2.75, 3.05) is 19.6 Å². The second-order valence-electron chi connectivity index (χ2n) is 3.36. The first kappa shape index (κ1) is 12.3. The van der Waals surface area contributed by atoms with Gasteiger partial charge >= 0.3 is 5.97 Å². The minimum atomic E-state index is -0.816. The van der Waals surface area contributed by atoms with Crippen molar-refractivity contribution in [1.82, 2.24) is 4.90 Å². The van der Waals surface area contributed by atoms with Gasteiger partial charge in [-0.3, -0.25) is 9.69 Å². The summed E-state index contributed by atoms with van der Waals surface area (Å²) in [6.07, 6.45) is 0. The number of likely N-dealkylation sites (N-methyl/N-ethyl adjacent to an activating group) is 1. The van der Waals surface area contributed by atoms with Crippen LogP contribution in [0.15, 0.2) is 30.3 Å². The highest BCUT2D eigenvalue weighted by atomic mass is 16.4. The number of carboxylic acid groups (broad SMARTS) is 1. The van der Waals surface area contributed by atoms with Crippen molar-refractivity contribution in [2.24, 2.45) is 0 Å². The third-order valence-electron chi connectivity index (χ3n) is 2.12. The molecule has 0 atom stereocenters. The topological polar surface area (TPSA) is 40.5 Å². The van der Waals surface area contributed by atoms with Crippen molar-refractivity contribution in [1.29, 1.82) is 0 Å². The molecule has 0 aliphatic carbocycles. The maximum Gasteiger partial charge on any atom is 0.317 e. The Morgan fingerprint density at radius 2 is 2.06 bits per heavy atom. The molecule has 0 radical (unpaired) electrons. The van der Waals surface area contributed by atoms with E-state index in [0.29, 0.717) is 13.1 Å². The lowest BCUT2D eigenvalue weighted by Gasteiger charge is -2.13. The minimum absolute atomic E-state index is 0.0416. The Balaban J connectivity index is 2.49. The second kappa shape index (κ2) is 6.65. The van der Waals surface area contributed by atoms with Gasteiger partial charge in [0, 0.05) is 5.56 Å². The fraction of sp³-hybridized carbons (Fsp3) is 0.308. The molecular weight excluding hydrogens is 202 g/mol. The van der Waals surface area contributed by atoms with Gasteiger partial charge in [0.15, 0.2) is 0 Å². The zero-order valence-electron chi connectivity index (χ0n) is 9.31. The smallest absolute Gasteiger partial charge is 0.317 e. The van der Waals surface area contributed by atoms with E-state index in [4.69, 9.17) is 5.11 Å². The van der Waals surface area contributed by atoms with E-state index < -0.39 is 5.97 Å². The van der Waals surface area contributed by atoms with E-state index in [1.165, 1.54) is 0 Å². The van der Waals surface area contributed by atoms with Crippen LogP contribution in [-0.4, -0.2) is 35.6 Å². The van der Waals surface area contributed by atoms with Gasteiger partial charge in [0.25, 0.3) is 0 Å². The fourth-order valence-corrected chi connectivity index (χ4v) is 1.25. The summed E-state index contributed by atoms with van der Waals surface area (Å²) in [6, 6.07) is 9.66. The molecule has 0 aromatic heterocycles.